The first-order valence-electron chi connectivity index (χ1n) is 5.50. The van der Waals surface area contributed by atoms with Gasteiger partial charge in [0.2, 0.25) is 6.04 Å². The lowest BCUT2D eigenvalue weighted by molar-refractivity contribution is -0.147. The highest BCUT2D eigenvalue weighted by atomic mass is 35.5. The number of nitrogens with zero attached hydrogens (tertiary/aromatic N) is 2. The van der Waals surface area contributed by atoms with Crippen LogP contribution in [0, 0.1) is 5.82 Å². The van der Waals surface area contributed by atoms with Crippen LogP contribution in [-0.4, -0.2) is 30.3 Å². The van der Waals surface area contributed by atoms with Gasteiger partial charge in [-0.3, -0.25) is 4.79 Å². The molecule has 0 aliphatic carbocycles. The molecule has 0 aliphatic heterocycles. The third-order valence-electron chi connectivity index (χ3n) is 2.06. The van der Waals surface area contributed by atoms with E-state index >= 15 is 0 Å². The van der Waals surface area contributed by atoms with Gasteiger partial charge in [0.1, 0.15) is 5.82 Å². The third-order valence-corrected chi connectivity index (χ3v) is 2.33. The maximum Gasteiger partial charge on any atom is 0.340 e. The van der Waals surface area contributed by atoms with Crippen molar-refractivity contribution in [1.82, 2.24) is 0 Å². The molecule has 0 spiro atoms. The number of ketones is 1. The number of rotatable bonds is 6. The van der Waals surface area contributed by atoms with Gasteiger partial charge in [-0.05, 0) is 31.2 Å². The number of hydrogen-bond donors (Lipinski definition) is 0. The number of Topliss-reactive ketones (excluding diaryl/α,β-unsaturated/α-hetero) is 1. The Hall–Kier alpha value is -1.82. The van der Waals surface area contributed by atoms with Gasteiger partial charge in [-0.1, -0.05) is 0 Å². The first kappa shape index (κ1) is 15.2. The largest absolute Gasteiger partial charge is 0.464 e. The molecule has 0 bridgehead atoms. The van der Waals surface area contributed by atoms with E-state index in [1.807, 2.05) is 0 Å². The van der Waals surface area contributed by atoms with E-state index in [1.165, 1.54) is 24.3 Å². The second-order valence-electron chi connectivity index (χ2n) is 3.45. The summed E-state index contributed by atoms with van der Waals surface area (Å²) in [5, 5.41) is 7.31. The summed E-state index contributed by atoms with van der Waals surface area (Å²) in [6, 6.07) is 3.73. The molecule has 0 saturated heterocycles. The first-order valence-corrected chi connectivity index (χ1v) is 6.03. The van der Waals surface area contributed by atoms with Gasteiger partial charge >= 0.3 is 5.97 Å². The fourth-order valence-corrected chi connectivity index (χ4v) is 1.32. The minimum atomic E-state index is -1.39. The zero-order chi connectivity index (χ0) is 14.3. The van der Waals surface area contributed by atoms with Crippen molar-refractivity contribution in [3.63, 3.8) is 0 Å². The van der Waals surface area contributed by atoms with Crippen LogP contribution in [0.25, 0.3) is 0 Å². The van der Waals surface area contributed by atoms with Gasteiger partial charge in [-0.2, -0.15) is 10.2 Å². The van der Waals surface area contributed by atoms with Gasteiger partial charge in [0.15, 0.2) is 5.78 Å². The van der Waals surface area contributed by atoms with Crippen LogP contribution >= 0.6 is 11.6 Å². The number of benzene rings is 1. The Balaban J connectivity index is 2.84. The molecule has 1 unspecified atom stereocenters. The van der Waals surface area contributed by atoms with E-state index in [1.54, 1.807) is 6.92 Å². The van der Waals surface area contributed by atoms with Gasteiger partial charge in [-0.15, -0.1) is 11.6 Å². The minimum Gasteiger partial charge on any atom is -0.464 e. The fraction of sp³-hybridized carbons (Fsp3) is 0.333. The van der Waals surface area contributed by atoms with Crippen molar-refractivity contribution in [2.75, 3.05) is 12.5 Å². The maximum absolute atomic E-state index is 12.7. The monoisotopic (exact) mass is 286 g/mol. The second kappa shape index (κ2) is 7.58. The van der Waals surface area contributed by atoms with Gasteiger partial charge in [0, 0.05) is 0 Å². The summed E-state index contributed by atoms with van der Waals surface area (Å²) >= 11 is 5.38. The average molecular weight is 287 g/mol. The predicted octanol–water partition coefficient (Wildman–Crippen LogP) is 2.65. The molecule has 0 saturated carbocycles. The smallest absolute Gasteiger partial charge is 0.340 e. The molecule has 0 radical (unpaired) electrons. The third kappa shape index (κ3) is 4.75. The lowest BCUT2D eigenvalue weighted by atomic mass is 10.2. The molecular weight excluding hydrogens is 275 g/mol. The van der Waals surface area contributed by atoms with Crippen LogP contribution in [0.2, 0.25) is 0 Å². The molecule has 0 aromatic heterocycles. The molecular formula is C12H12ClFN2O3. The van der Waals surface area contributed by atoms with E-state index in [4.69, 9.17) is 16.3 Å². The number of alkyl halides is 1. The second-order valence-corrected chi connectivity index (χ2v) is 3.71. The standard InChI is InChI=1S/C12H12ClFN2O3/c1-2-19-12(18)11(10(17)7-13)16-15-9-5-3-8(14)4-6-9/h3-6,11H,2,7H2,1H3/b16-15+. The highest BCUT2D eigenvalue weighted by Gasteiger charge is 2.26. The summed E-state index contributed by atoms with van der Waals surface area (Å²) in [5.41, 5.74) is 0.318. The van der Waals surface area contributed by atoms with Crippen molar-refractivity contribution < 1.29 is 18.7 Å². The van der Waals surface area contributed by atoms with E-state index in [2.05, 4.69) is 10.2 Å². The summed E-state index contributed by atoms with van der Waals surface area (Å²) in [6.45, 7) is 1.73. The molecule has 1 aromatic carbocycles. The fourth-order valence-electron chi connectivity index (χ4n) is 1.17. The summed E-state index contributed by atoms with van der Waals surface area (Å²) in [7, 11) is 0. The summed E-state index contributed by atoms with van der Waals surface area (Å²) in [6.07, 6.45) is 0. The molecule has 102 valence electrons. The van der Waals surface area contributed by atoms with Crippen LogP contribution < -0.4 is 0 Å². The number of azo groups is 1. The predicted molar refractivity (Wildman–Crippen MR) is 67.1 cm³/mol. The molecule has 19 heavy (non-hydrogen) atoms. The number of halogens is 2. The zero-order valence-electron chi connectivity index (χ0n) is 10.2. The van der Waals surface area contributed by atoms with Crippen molar-refractivity contribution in [2.24, 2.45) is 10.2 Å². The quantitative estimate of drug-likeness (QED) is 0.349. The van der Waals surface area contributed by atoms with Gasteiger partial charge in [0.05, 0.1) is 18.2 Å². The van der Waals surface area contributed by atoms with E-state index in [0.717, 1.165) is 0 Å². The first-order chi connectivity index (χ1) is 9.08. The normalized spacial score (nSPS) is 12.4. The molecule has 0 fully saturated rings. The van der Waals surface area contributed by atoms with Crippen LogP contribution in [-0.2, 0) is 14.3 Å². The Labute approximate surface area is 114 Å². The Kier molecular flexibility index (Phi) is 6.08. The molecule has 0 N–H and O–H groups in total. The van der Waals surface area contributed by atoms with E-state index < -0.39 is 23.6 Å². The molecule has 0 heterocycles. The lowest BCUT2D eigenvalue weighted by Gasteiger charge is -2.07. The van der Waals surface area contributed by atoms with Crippen molar-refractivity contribution in [2.45, 2.75) is 13.0 Å². The molecule has 1 aromatic rings. The number of hydrogen-bond acceptors (Lipinski definition) is 5. The molecule has 1 atom stereocenters. The Morgan fingerprint density at radius 3 is 2.53 bits per heavy atom. The minimum absolute atomic E-state index is 0.122. The Bertz CT molecular complexity index is 476. The van der Waals surface area contributed by atoms with Crippen molar-refractivity contribution in [1.29, 1.82) is 0 Å². The van der Waals surface area contributed by atoms with Crippen LogP contribution in [0.3, 0.4) is 0 Å². The summed E-state index contributed by atoms with van der Waals surface area (Å²) in [5.74, 6) is -2.20. The zero-order valence-corrected chi connectivity index (χ0v) is 10.9. The van der Waals surface area contributed by atoms with Gasteiger partial charge < -0.3 is 4.74 Å². The summed E-state index contributed by atoms with van der Waals surface area (Å²) in [4.78, 5) is 23.0. The van der Waals surface area contributed by atoms with Crippen molar-refractivity contribution in [3.05, 3.63) is 30.1 Å². The summed E-state index contributed by atoms with van der Waals surface area (Å²) < 4.78 is 17.4. The molecule has 7 heteroatoms. The van der Waals surface area contributed by atoms with Crippen LogP contribution in [0.5, 0.6) is 0 Å². The van der Waals surface area contributed by atoms with Crippen LogP contribution in [0.1, 0.15) is 6.92 Å². The average Bonchev–Trinajstić information content (AvgIpc) is 2.41. The van der Waals surface area contributed by atoms with Gasteiger partial charge in [0.25, 0.3) is 0 Å². The number of carbonyl (C=O) groups is 2. The Morgan fingerprint density at radius 2 is 2.00 bits per heavy atom. The van der Waals surface area contributed by atoms with Crippen LogP contribution in [0.4, 0.5) is 10.1 Å². The van der Waals surface area contributed by atoms with Crippen LogP contribution in [0.15, 0.2) is 34.5 Å². The topological polar surface area (TPSA) is 68.1 Å². The maximum atomic E-state index is 12.7. The lowest BCUT2D eigenvalue weighted by Crippen LogP contribution is -2.30. The number of ether oxygens (including phenoxy) is 1. The molecule has 1 rings (SSSR count). The van der Waals surface area contributed by atoms with Gasteiger partial charge in [-0.25, -0.2) is 9.18 Å². The number of esters is 1. The highest BCUT2D eigenvalue weighted by molar-refractivity contribution is 6.30. The Morgan fingerprint density at radius 1 is 1.37 bits per heavy atom. The SMILES string of the molecule is CCOC(=O)C(/N=N/c1ccc(F)cc1)C(=O)CCl. The van der Waals surface area contributed by atoms with E-state index in [-0.39, 0.29) is 12.5 Å². The highest BCUT2D eigenvalue weighted by Crippen LogP contribution is 2.14. The van der Waals surface area contributed by atoms with Crippen molar-refractivity contribution >= 4 is 29.0 Å². The number of carbonyl (C=O) groups excluding carboxylic acids is 2. The van der Waals surface area contributed by atoms with Crippen molar-refractivity contribution in [3.8, 4) is 0 Å². The molecule has 5 nitrogen and oxygen atoms in total. The van der Waals surface area contributed by atoms with E-state index in [0.29, 0.717) is 5.69 Å². The molecule has 0 amide bonds. The molecule has 0 aliphatic rings. The van der Waals surface area contributed by atoms with E-state index in [9.17, 15) is 14.0 Å².